The van der Waals surface area contributed by atoms with E-state index in [-0.39, 0.29) is 24.4 Å². The summed E-state index contributed by atoms with van der Waals surface area (Å²) in [6.45, 7) is 3.31. The number of nitrogens with zero attached hydrogens (tertiary/aromatic N) is 2. The van der Waals surface area contributed by atoms with Gasteiger partial charge in [0.1, 0.15) is 6.10 Å². The molecule has 0 radical (unpaired) electrons. The van der Waals surface area contributed by atoms with E-state index in [0.717, 1.165) is 34.3 Å². The third kappa shape index (κ3) is 3.74. The molecule has 2 N–H and O–H groups in total. The van der Waals surface area contributed by atoms with E-state index < -0.39 is 0 Å². The highest BCUT2D eigenvalue weighted by molar-refractivity contribution is 9.10. The average Bonchev–Trinajstić information content (AvgIpc) is 3.06. The van der Waals surface area contributed by atoms with Crippen LogP contribution in [0.4, 0.5) is 0 Å². The Kier molecular flexibility index (Phi) is 5.78. The lowest BCUT2D eigenvalue weighted by Crippen LogP contribution is -2.43. The molecule has 1 amide bonds. The number of amides is 1. The minimum absolute atomic E-state index is 0. The molecule has 0 aliphatic carbocycles. The number of morpholine rings is 1. The van der Waals surface area contributed by atoms with Crippen molar-refractivity contribution in [2.24, 2.45) is 0 Å². The third-order valence-electron chi connectivity index (χ3n) is 4.60. The molecule has 134 valence electrons. The van der Waals surface area contributed by atoms with Crippen molar-refractivity contribution < 1.29 is 9.53 Å². The van der Waals surface area contributed by atoms with Crippen molar-refractivity contribution in [3.05, 3.63) is 51.3 Å². The van der Waals surface area contributed by atoms with Gasteiger partial charge in [0.15, 0.2) is 5.69 Å². The first-order valence-electron chi connectivity index (χ1n) is 8.15. The number of halogens is 2. The SMILES string of the molecule is Cl.O=C(c1n[nH]c2c1CNCC2)N1CCOC(c2ccc(Br)cc2)C1. The fourth-order valence-corrected chi connectivity index (χ4v) is 3.53. The van der Waals surface area contributed by atoms with Crippen molar-refractivity contribution >= 4 is 34.2 Å². The van der Waals surface area contributed by atoms with Gasteiger partial charge in [0.2, 0.25) is 0 Å². The van der Waals surface area contributed by atoms with E-state index in [9.17, 15) is 4.79 Å². The van der Waals surface area contributed by atoms with E-state index >= 15 is 0 Å². The molecule has 1 saturated heterocycles. The molecule has 1 aromatic heterocycles. The van der Waals surface area contributed by atoms with Gasteiger partial charge in [0.05, 0.1) is 13.2 Å². The number of hydrogen-bond acceptors (Lipinski definition) is 4. The van der Waals surface area contributed by atoms with E-state index in [0.29, 0.717) is 31.9 Å². The number of H-pyrrole nitrogens is 1. The van der Waals surface area contributed by atoms with Crippen LogP contribution in [0.15, 0.2) is 28.7 Å². The van der Waals surface area contributed by atoms with E-state index in [1.165, 1.54) is 0 Å². The van der Waals surface area contributed by atoms with E-state index in [4.69, 9.17) is 4.74 Å². The van der Waals surface area contributed by atoms with Crippen LogP contribution < -0.4 is 5.32 Å². The van der Waals surface area contributed by atoms with Crippen LogP contribution >= 0.6 is 28.3 Å². The quantitative estimate of drug-likeness (QED) is 0.772. The molecule has 6 nitrogen and oxygen atoms in total. The Morgan fingerprint density at radius 1 is 1.32 bits per heavy atom. The minimum Gasteiger partial charge on any atom is -0.370 e. The third-order valence-corrected chi connectivity index (χ3v) is 5.13. The summed E-state index contributed by atoms with van der Waals surface area (Å²) >= 11 is 3.44. The predicted octanol–water partition coefficient (Wildman–Crippen LogP) is 2.45. The number of ether oxygens (including phenoxy) is 1. The van der Waals surface area contributed by atoms with Gasteiger partial charge in [-0.15, -0.1) is 12.4 Å². The molecular formula is C17H20BrClN4O2. The van der Waals surface area contributed by atoms with Crippen LogP contribution in [0.5, 0.6) is 0 Å². The lowest BCUT2D eigenvalue weighted by atomic mass is 10.0. The van der Waals surface area contributed by atoms with Gasteiger partial charge in [-0.25, -0.2) is 0 Å². The van der Waals surface area contributed by atoms with Crippen molar-refractivity contribution in [3.8, 4) is 0 Å². The molecule has 0 saturated carbocycles. The molecule has 1 atom stereocenters. The van der Waals surface area contributed by atoms with Crippen molar-refractivity contribution in [2.45, 2.75) is 19.1 Å². The molecule has 25 heavy (non-hydrogen) atoms. The first-order chi connectivity index (χ1) is 11.7. The standard InChI is InChI=1S/C17H19BrN4O2.ClH/c18-12-3-1-11(2-4-12)15-10-22(7-8-24-15)17(23)16-13-9-19-6-5-14(13)20-21-16;/h1-4,15,19H,5-10H2,(H,20,21);1H. The maximum atomic E-state index is 12.9. The number of fused-ring (bicyclic) bond motifs is 1. The molecule has 2 aromatic rings. The summed E-state index contributed by atoms with van der Waals surface area (Å²) in [6.07, 6.45) is 0.795. The Morgan fingerprint density at radius 3 is 2.92 bits per heavy atom. The number of nitrogens with one attached hydrogen (secondary N) is 2. The second kappa shape index (κ2) is 7.86. The molecule has 1 aromatic carbocycles. The van der Waals surface area contributed by atoms with Gasteiger partial charge in [-0.2, -0.15) is 5.10 Å². The summed E-state index contributed by atoms with van der Waals surface area (Å²) in [4.78, 5) is 14.8. The molecule has 4 rings (SSSR count). The second-order valence-corrected chi connectivity index (χ2v) is 7.03. The molecule has 3 heterocycles. The number of hydrogen-bond donors (Lipinski definition) is 2. The number of aromatic nitrogens is 2. The Hall–Kier alpha value is -1.41. The fraction of sp³-hybridized carbons (Fsp3) is 0.412. The zero-order valence-corrected chi connectivity index (χ0v) is 16.0. The second-order valence-electron chi connectivity index (χ2n) is 6.12. The number of rotatable bonds is 2. The number of carbonyl (C=O) groups is 1. The van der Waals surface area contributed by atoms with Gasteiger partial charge in [-0.05, 0) is 17.7 Å². The molecule has 2 aliphatic rings. The number of aromatic amines is 1. The Bertz CT molecular complexity index is 750. The van der Waals surface area contributed by atoms with Gasteiger partial charge < -0.3 is 15.0 Å². The van der Waals surface area contributed by atoms with Crippen LogP contribution in [0.25, 0.3) is 0 Å². The topological polar surface area (TPSA) is 70.2 Å². The zero-order chi connectivity index (χ0) is 16.5. The summed E-state index contributed by atoms with van der Waals surface area (Å²) in [5.74, 6) is -0.0124. The van der Waals surface area contributed by atoms with Crippen molar-refractivity contribution in [3.63, 3.8) is 0 Å². The van der Waals surface area contributed by atoms with Crippen LogP contribution in [0.2, 0.25) is 0 Å². The normalized spacial score (nSPS) is 19.9. The summed E-state index contributed by atoms with van der Waals surface area (Å²) < 4.78 is 6.90. The molecule has 1 unspecified atom stereocenters. The van der Waals surface area contributed by atoms with Gasteiger partial charge in [0, 0.05) is 41.8 Å². The first kappa shape index (κ1) is 18.4. The van der Waals surface area contributed by atoms with Crippen LogP contribution in [0, 0.1) is 0 Å². The number of benzene rings is 1. The van der Waals surface area contributed by atoms with Gasteiger partial charge in [-0.1, -0.05) is 28.1 Å². The van der Waals surface area contributed by atoms with E-state index in [2.05, 4.69) is 31.4 Å². The summed E-state index contributed by atoms with van der Waals surface area (Å²) in [5, 5.41) is 10.6. The molecule has 1 fully saturated rings. The summed E-state index contributed by atoms with van der Waals surface area (Å²) in [6, 6.07) is 8.05. The Balaban J connectivity index is 0.00000182. The lowest BCUT2D eigenvalue weighted by molar-refractivity contribution is -0.0230. The average molecular weight is 428 g/mol. The van der Waals surface area contributed by atoms with Gasteiger partial charge in [-0.3, -0.25) is 9.89 Å². The summed E-state index contributed by atoms with van der Waals surface area (Å²) in [5.41, 5.74) is 3.72. The molecule has 8 heteroatoms. The summed E-state index contributed by atoms with van der Waals surface area (Å²) in [7, 11) is 0. The monoisotopic (exact) mass is 426 g/mol. The molecule has 2 aliphatic heterocycles. The molecular weight excluding hydrogens is 408 g/mol. The van der Waals surface area contributed by atoms with Crippen LogP contribution in [-0.4, -0.2) is 47.2 Å². The highest BCUT2D eigenvalue weighted by Crippen LogP contribution is 2.25. The van der Waals surface area contributed by atoms with E-state index in [1.54, 1.807) is 0 Å². The first-order valence-corrected chi connectivity index (χ1v) is 8.95. The smallest absolute Gasteiger partial charge is 0.274 e. The van der Waals surface area contributed by atoms with Crippen LogP contribution in [-0.2, 0) is 17.7 Å². The zero-order valence-electron chi connectivity index (χ0n) is 13.6. The fourth-order valence-electron chi connectivity index (χ4n) is 3.26. The van der Waals surface area contributed by atoms with Crippen molar-refractivity contribution in [1.82, 2.24) is 20.4 Å². The molecule has 0 bridgehead atoms. The van der Waals surface area contributed by atoms with Crippen molar-refractivity contribution in [2.75, 3.05) is 26.2 Å². The van der Waals surface area contributed by atoms with Crippen LogP contribution in [0.1, 0.15) is 33.4 Å². The highest BCUT2D eigenvalue weighted by atomic mass is 79.9. The largest absolute Gasteiger partial charge is 0.370 e. The Labute approximate surface area is 160 Å². The minimum atomic E-state index is -0.0938. The maximum absolute atomic E-state index is 12.9. The lowest BCUT2D eigenvalue weighted by Gasteiger charge is -2.33. The van der Waals surface area contributed by atoms with Gasteiger partial charge >= 0.3 is 0 Å². The highest BCUT2D eigenvalue weighted by Gasteiger charge is 2.30. The predicted molar refractivity (Wildman–Crippen MR) is 100.0 cm³/mol. The van der Waals surface area contributed by atoms with Crippen LogP contribution in [0.3, 0.4) is 0 Å². The number of carbonyl (C=O) groups excluding carboxylic acids is 1. The molecule has 0 spiro atoms. The Morgan fingerprint density at radius 2 is 2.12 bits per heavy atom. The maximum Gasteiger partial charge on any atom is 0.274 e. The van der Waals surface area contributed by atoms with E-state index in [1.807, 2.05) is 29.2 Å². The van der Waals surface area contributed by atoms with Gasteiger partial charge in [0.25, 0.3) is 5.91 Å². The van der Waals surface area contributed by atoms with Crippen molar-refractivity contribution in [1.29, 1.82) is 0 Å².